The maximum absolute atomic E-state index is 11.7. The van der Waals surface area contributed by atoms with Crippen molar-refractivity contribution in [2.45, 2.75) is 47.0 Å². The summed E-state index contributed by atoms with van der Waals surface area (Å²) in [5, 5.41) is 2.58. The Morgan fingerprint density at radius 3 is 2.14 bits per heavy atom. The Bertz CT molecular complexity index is 442. The molecule has 1 amide bonds. The first kappa shape index (κ1) is 26.0. The number of rotatable bonds is 15. The van der Waals surface area contributed by atoms with Gasteiger partial charge in [-0.1, -0.05) is 27.7 Å². The Hall–Kier alpha value is -2.03. The van der Waals surface area contributed by atoms with Gasteiger partial charge in [0.25, 0.3) is 0 Å². The molecule has 0 aromatic carbocycles. The summed E-state index contributed by atoms with van der Waals surface area (Å²) < 4.78 is 20.2. The Labute approximate surface area is 168 Å². The molecular weight excluding hydrogens is 368 g/mol. The Morgan fingerprint density at radius 1 is 0.893 bits per heavy atom. The third-order valence-corrected chi connectivity index (χ3v) is 3.91. The molecule has 0 bridgehead atoms. The monoisotopic (exact) mass is 404 g/mol. The van der Waals surface area contributed by atoms with Gasteiger partial charge in [-0.05, 0) is 25.9 Å². The summed E-state index contributed by atoms with van der Waals surface area (Å²) in [6.45, 7) is 11.1. The van der Waals surface area contributed by atoms with Crippen LogP contribution in [0.4, 0.5) is 9.59 Å². The average molecular weight is 405 g/mol. The second-order valence-corrected chi connectivity index (χ2v) is 6.22. The number of esters is 1. The molecule has 0 fully saturated rings. The fourth-order valence-corrected chi connectivity index (χ4v) is 2.14. The minimum absolute atomic E-state index is 0.0109. The summed E-state index contributed by atoms with van der Waals surface area (Å²) in [4.78, 5) is 36.8. The highest BCUT2D eigenvalue weighted by Crippen LogP contribution is 2.04. The minimum Gasteiger partial charge on any atom is -0.465 e. The number of ether oxygens (including phenoxy) is 4. The summed E-state index contributed by atoms with van der Waals surface area (Å²) in [7, 11) is 0. The summed E-state index contributed by atoms with van der Waals surface area (Å²) in [6, 6.07) is 0. The fourth-order valence-electron chi connectivity index (χ4n) is 2.14. The van der Waals surface area contributed by atoms with E-state index in [4.69, 9.17) is 18.9 Å². The highest BCUT2D eigenvalue weighted by molar-refractivity contribution is 5.69. The SMILES string of the molecule is CCCNC(=O)OCC(COC(=O)CC)COC(=O)OCCCN(CC)CC. The molecule has 0 aliphatic carbocycles. The molecular formula is C19H36N2O7. The van der Waals surface area contributed by atoms with Gasteiger partial charge in [-0.2, -0.15) is 0 Å². The Kier molecular flexibility index (Phi) is 15.9. The van der Waals surface area contributed by atoms with Crippen LogP contribution >= 0.6 is 0 Å². The smallest absolute Gasteiger partial charge is 0.465 e. The van der Waals surface area contributed by atoms with Crippen LogP contribution in [0, 0.1) is 5.92 Å². The number of amides is 1. The number of alkyl carbamates (subject to hydrolysis) is 1. The quantitative estimate of drug-likeness (QED) is 0.252. The molecule has 9 nitrogen and oxygen atoms in total. The second-order valence-electron chi connectivity index (χ2n) is 6.22. The molecule has 9 heteroatoms. The van der Waals surface area contributed by atoms with Crippen molar-refractivity contribution in [3.05, 3.63) is 0 Å². The second kappa shape index (κ2) is 17.1. The van der Waals surface area contributed by atoms with Crippen molar-refractivity contribution in [2.24, 2.45) is 5.92 Å². The van der Waals surface area contributed by atoms with Crippen LogP contribution in [0.3, 0.4) is 0 Å². The van der Waals surface area contributed by atoms with Gasteiger partial charge in [0.2, 0.25) is 0 Å². The summed E-state index contributed by atoms with van der Waals surface area (Å²) in [6.07, 6.45) is 0.389. The van der Waals surface area contributed by atoms with E-state index in [2.05, 4.69) is 24.1 Å². The van der Waals surface area contributed by atoms with Crippen molar-refractivity contribution in [1.29, 1.82) is 0 Å². The van der Waals surface area contributed by atoms with Crippen LogP contribution in [-0.4, -0.2) is 75.7 Å². The Balaban J connectivity index is 4.23. The van der Waals surface area contributed by atoms with Gasteiger partial charge in [-0.15, -0.1) is 0 Å². The molecule has 0 saturated heterocycles. The van der Waals surface area contributed by atoms with Crippen LogP contribution in [0.5, 0.6) is 0 Å². The van der Waals surface area contributed by atoms with E-state index < -0.39 is 18.2 Å². The normalized spacial score (nSPS) is 11.6. The molecule has 0 heterocycles. The number of carbonyl (C=O) groups excluding carboxylic acids is 3. The largest absolute Gasteiger partial charge is 0.508 e. The van der Waals surface area contributed by atoms with E-state index in [0.29, 0.717) is 6.54 Å². The van der Waals surface area contributed by atoms with Crippen molar-refractivity contribution < 1.29 is 33.3 Å². The maximum Gasteiger partial charge on any atom is 0.508 e. The summed E-state index contributed by atoms with van der Waals surface area (Å²) >= 11 is 0. The lowest BCUT2D eigenvalue weighted by molar-refractivity contribution is -0.145. The predicted octanol–water partition coefficient (Wildman–Crippen LogP) is 2.58. The first-order chi connectivity index (χ1) is 13.5. The van der Waals surface area contributed by atoms with Gasteiger partial charge in [0.15, 0.2) is 0 Å². The van der Waals surface area contributed by atoms with Crippen LogP contribution in [0.1, 0.15) is 47.0 Å². The molecule has 164 valence electrons. The van der Waals surface area contributed by atoms with E-state index in [9.17, 15) is 14.4 Å². The number of hydrogen-bond donors (Lipinski definition) is 1. The van der Waals surface area contributed by atoms with Crippen molar-refractivity contribution in [2.75, 3.05) is 52.6 Å². The van der Waals surface area contributed by atoms with Crippen molar-refractivity contribution in [3.63, 3.8) is 0 Å². The predicted molar refractivity (Wildman–Crippen MR) is 104 cm³/mol. The summed E-state index contributed by atoms with van der Waals surface area (Å²) in [5.41, 5.74) is 0. The molecule has 0 radical (unpaired) electrons. The average Bonchev–Trinajstić information content (AvgIpc) is 2.71. The number of nitrogens with zero attached hydrogens (tertiary/aromatic N) is 1. The zero-order valence-electron chi connectivity index (χ0n) is 17.7. The molecule has 0 aliphatic rings. The van der Waals surface area contributed by atoms with E-state index in [0.717, 1.165) is 32.5 Å². The van der Waals surface area contributed by atoms with E-state index in [1.165, 1.54) is 0 Å². The molecule has 0 aromatic rings. The molecule has 0 spiro atoms. The number of carbonyl (C=O) groups is 3. The molecule has 1 atom stereocenters. The molecule has 1 N–H and O–H groups in total. The zero-order chi connectivity index (χ0) is 21.2. The van der Waals surface area contributed by atoms with E-state index in [1.54, 1.807) is 6.92 Å². The van der Waals surface area contributed by atoms with Gasteiger partial charge in [0, 0.05) is 19.5 Å². The van der Waals surface area contributed by atoms with Gasteiger partial charge in [0.1, 0.15) is 19.8 Å². The topological polar surface area (TPSA) is 103 Å². The first-order valence-electron chi connectivity index (χ1n) is 10.0. The van der Waals surface area contributed by atoms with Gasteiger partial charge in [0.05, 0.1) is 12.5 Å². The molecule has 0 aromatic heterocycles. The highest BCUT2D eigenvalue weighted by atomic mass is 16.7. The number of nitrogens with one attached hydrogen (secondary N) is 1. The molecule has 1 unspecified atom stereocenters. The van der Waals surface area contributed by atoms with Crippen LogP contribution in [0.25, 0.3) is 0 Å². The lowest BCUT2D eigenvalue weighted by Gasteiger charge is -2.18. The van der Waals surface area contributed by atoms with Crippen LogP contribution in [0.2, 0.25) is 0 Å². The lowest BCUT2D eigenvalue weighted by Crippen LogP contribution is -2.31. The minimum atomic E-state index is -0.790. The van der Waals surface area contributed by atoms with Gasteiger partial charge >= 0.3 is 18.2 Å². The van der Waals surface area contributed by atoms with E-state index in [1.807, 2.05) is 6.92 Å². The van der Waals surface area contributed by atoms with E-state index >= 15 is 0 Å². The van der Waals surface area contributed by atoms with Crippen LogP contribution < -0.4 is 5.32 Å². The third-order valence-electron chi connectivity index (χ3n) is 3.91. The van der Waals surface area contributed by atoms with Crippen LogP contribution in [0.15, 0.2) is 0 Å². The van der Waals surface area contributed by atoms with Crippen molar-refractivity contribution in [1.82, 2.24) is 10.2 Å². The van der Waals surface area contributed by atoms with Gasteiger partial charge in [-0.3, -0.25) is 4.79 Å². The fraction of sp³-hybridized carbons (Fsp3) is 0.842. The van der Waals surface area contributed by atoms with Gasteiger partial charge < -0.3 is 29.2 Å². The molecule has 0 saturated carbocycles. The summed E-state index contributed by atoms with van der Waals surface area (Å²) in [5.74, 6) is -0.842. The number of hydrogen-bond acceptors (Lipinski definition) is 8. The van der Waals surface area contributed by atoms with Crippen molar-refractivity contribution in [3.8, 4) is 0 Å². The zero-order valence-corrected chi connectivity index (χ0v) is 17.7. The first-order valence-corrected chi connectivity index (χ1v) is 10.0. The standard InChI is InChI=1S/C19H36N2O7/c1-5-10-20-18(23)27-14-16(13-26-17(22)6-2)15-28-19(24)25-12-9-11-21(7-3)8-4/h16H,5-15H2,1-4H3,(H,20,23). The van der Waals surface area contributed by atoms with Crippen LogP contribution in [-0.2, 0) is 23.7 Å². The molecule has 28 heavy (non-hydrogen) atoms. The lowest BCUT2D eigenvalue weighted by atomic mass is 10.2. The molecule has 0 aliphatic heterocycles. The van der Waals surface area contributed by atoms with E-state index in [-0.39, 0.29) is 38.8 Å². The van der Waals surface area contributed by atoms with Gasteiger partial charge in [-0.25, -0.2) is 9.59 Å². The van der Waals surface area contributed by atoms with Crippen molar-refractivity contribution >= 4 is 18.2 Å². The Morgan fingerprint density at radius 2 is 1.54 bits per heavy atom. The highest BCUT2D eigenvalue weighted by Gasteiger charge is 2.17. The third kappa shape index (κ3) is 14.1. The maximum atomic E-state index is 11.7. The molecule has 0 rings (SSSR count).